The number of amides is 1. The molecule has 2 aliphatic rings. The van der Waals surface area contributed by atoms with Gasteiger partial charge >= 0.3 is 0 Å². The Balaban J connectivity index is 0.00000208. The van der Waals surface area contributed by atoms with Gasteiger partial charge in [-0.3, -0.25) is 4.79 Å². The normalized spacial score (nSPS) is 22.1. The first-order valence-electron chi connectivity index (χ1n) is 8.91. The van der Waals surface area contributed by atoms with E-state index in [0.717, 1.165) is 43.9 Å². The number of hydrogen-bond acceptors (Lipinski definition) is 2. The van der Waals surface area contributed by atoms with E-state index in [4.69, 9.17) is 11.6 Å². The van der Waals surface area contributed by atoms with E-state index >= 15 is 0 Å². The summed E-state index contributed by atoms with van der Waals surface area (Å²) in [6.07, 6.45) is 7.67. The Bertz CT molecular complexity index is 521. The van der Waals surface area contributed by atoms with Gasteiger partial charge in [-0.2, -0.15) is 0 Å². The van der Waals surface area contributed by atoms with Gasteiger partial charge in [0, 0.05) is 23.4 Å². The molecule has 0 radical (unpaired) electrons. The highest BCUT2D eigenvalue weighted by atomic mass is 35.5. The van der Waals surface area contributed by atoms with Crippen LogP contribution in [0, 0.1) is 5.92 Å². The monoisotopic (exact) mass is 370 g/mol. The minimum absolute atomic E-state index is 0. The number of hydrogen-bond donors (Lipinski definition) is 2. The van der Waals surface area contributed by atoms with Crippen molar-refractivity contribution in [2.24, 2.45) is 5.92 Å². The third-order valence-corrected chi connectivity index (χ3v) is 5.84. The first kappa shape index (κ1) is 19.6. The first-order valence-corrected chi connectivity index (χ1v) is 9.29. The molecule has 0 bridgehead atoms. The minimum Gasteiger partial charge on any atom is -0.355 e. The third-order valence-electron chi connectivity index (χ3n) is 5.58. The van der Waals surface area contributed by atoms with E-state index in [-0.39, 0.29) is 23.7 Å². The average molecular weight is 371 g/mol. The SMILES string of the molecule is Cl.O=C(CCC1CCNC1)NCC1(c2ccc(Cl)cc2)CCCC1. The average Bonchev–Trinajstić information content (AvgIpc) is 3.24. The van der Waals surface area contributed by atoms with E-state index in [9.17, 15) is 4.79 Å². The summed E-state index contributed by atoms with van der Waals surface area (Å²) < 4.78 is 0. The fraction of sp³-hybridized carbons (Fsp3) is 0.632. The van der Waals surface area contributed by atoms with E-state index in [2.05, 4.69) is 22.8 Å². The quantitative estimate of drug-likeness (QED) is 0.791. The summed E-state index contributed by atoms with van der Waals surface area (Å²) in [6.45, 7) is 2.93. The van der Waals surface area contributed by atoms with E-state index in [1.54, 1.807) is 0 Å². The van der Waals surface area contributed by atoms with E-state index < -0.39 is 0 Å². The summed E-state index contributed by atoms with van der Waals surface area (Å²) in [7, 11) is 0. The Labute approximate surface area is 156 Å². The van der Waals surface area contributed by atoms with Gasteiger partial charge in [0.25, 0.3) is 0 Å². The van der Waals surface area contributed by atoms with Crippen LogP contribution in [0.5, 0.6) is 0 Å². The third kappa shape index (κ3) is 4.87. The lowest BCUT2D eigenvalue weighted by molar-refractivity contribution is -0.121. The molecule has 1 heterocycles. The Morgan fingerprint density at radius 1 is 1.25 bits per heavy atom. The molecule has 1 saturated carbocycles. The maximum Gasteiger partial charge on any atom is 0.220 e. The summed E-state index contributed by atoms with van der Waals surface area (Å²) in [6, 6.07) is 8.19. The van der Waals surface area contributed by atoms with Crippen LogP contribution in [0.15, 0.2) is 24.3 Å². The largest absolute Gasteiger partial charge is 0.355 e. The molecule has 2 N–H and O–H groups in total. The molecule has 0 aromatic heterocycles. The molecule has 1 aliphatic heterocycles. The second-order valence-electron chi connectivity index (χ2n) is 7.17. The van der Waals surface area contributed by atoms with Gasteiger partial charge in [-0.15, -0.1) is 12.4 Å². The predicted molar refractivity (Wildman–Crippen MR) is 102 cm³/mol. The molecule has 134 valence electrons. The van der Waals surface area contributed by atoms with Crippen LogP contribution >= 0.6 is 24.0 Å². The van der Waals surface area contributed by atoms with Crippen molar-refractivity contribution in [3.05, 3.63) is 34.9 Å². The molecule has 5 heteroatoms. The van der Waals surface area contributed by atoms with E-state index in [0.29, 0.717) is 12.3 Å². The second-order valence-corrected chi connectivity index (χ2v) is 7.60. The van der Waals surface area contributed by atoms with Crippen molar-refractivity contribution in [1.82, 2.24) is 10.6 Å². The van der Waals surface area contributed by atoms with Crippen molar-refractivity contribution in [3.63, 3.8) is 0 Å². The Hall–Kier alpha value is -0.770. The van der Waals surface area contributed by atoms with Gasteiger partial charge in [0.15, 0.2) is 0 Å². The van der Waals surface area contributed by atoms with Crippen molar-refractivity contribution in [1.29, 1.82) is 0 Å². The minimum atomic E-state index is 0. The summed E-state index contributed by atoms with van der Waals surface area (Å²) in [5, 5.41) is 7.35. The van der Waals surface area contributed by atoms with Crippen LogP contribution in [-0.4, -0.2) is 25.5 Å². The fourth-order valence-electron chi connectivity index (χ4n) is 4.07. The zero-order chi connectivity index (χ0) is 16.1. The number of rotatable bonds is 6. The Kier molecular flexibility index (Phi) is 7.39. The van der Waals surface area contributed by atoms with E-state index in [1.165, 1.54) is 24.8 Å². The van der Waals surface area contributed by atoms with Crippen LogP contribution in [0.2, 0.25) is 5.02 Å². The molecule has 0 spiro atoms. The number of carbonyl (C=O) groups excluding carboxylic acids is 1. The summed E-state index contributed by atoms with van der Waals surface area (Å²) in [4.78, 5) is 12.2. The highest BCUT2D eigenvalue weighted by molar-refractivity contribution is 6.30. The van der Waals surface area contributed by atoms with Crippen LogP contribution in [-0.2, 0) is 10.2 Å². The number of halogens is 2. The lowest BCUT2D eigenvalue weighted by Crippen LogP contribution is -2.39. The smallest absolute Gasteiger partial charge is 0.220 e. The number of benzene rings is 1. The zero-order valence-corrected chi connectivity index (χ0v) is 15.7. The van der Waals surface area contributed by atoms with Crippen molar-refractivity contribution in [2.75, 3.05) is 19.6 Å². The van der Waals surface area contributed by atoms with Gasteiger partial charge in [0.2, 0.25) is 5.91 Å². The number of nitrogens with one attached hydrogen (secondary N) is 2. The van der Waals surface area contributed by atoms with Crippen LogP contribution in [0.1, 0.15) is 50.5 Å². The highest BCUT2D eigenvalue weighted by Gasteiger charge is 2.35. The molecule has 1 unspecified atom stereocenters. The van der Waals surface area contributed by atoms with Crippen molar-refractivity contribution < 1.29 is 4.79 Å². The van der Waals surface area contributed by atoms with Gasteiger partial charge in [-0.05, 0) is 62.4 Å². The molecule has 2 fully saturated rings. The van der Waals surface area contributed by atoms with Crippen LogP contribution in [0.25, 0.3) is 0 Å². The van der Waals surface area contributed by atoms with Gasteiger partial charge in [0.05, 0.1) is 0 Å². The predicted octanol–water partition coefficient (Wildman–Crippen LogP) is 4.08. The van der Waals surface area contributed by atoms with Gasteiger partial charge in [0.1, 0.15) is 0 Å². The topological polar surface area (TPSA) is 41.1 Å². The lowest BCUT2D eigenvalue weighted by atomic mass is 9.79. The summed E-state index contributed by atoms with van der Waals surface area (Å²) in [5.41, 5.74) is 1.43. The molecule has 3 rings (SSSR count). The molecule has 1 saturated heterocycles. The standard InChI is InChI=1S/C19H27ClN2O.ClH/c20-17-6-4-16(5-7-17)19(10-1-2-11-19)14-22-18(23)8-3-15-9-12-21-13-15;/h4-7,15,21H,1-3,8-14H2,(H,22,23);1H. The lowest BCUT2D eigenvalue weighted by Gasteiger charge is -2.30. The Morgan fingerprint density at radius 3 is 2.58 bits per heavy atom. The van der Waals surface area contributed by atoms with Crippen LogP contribution in [0.4, 0.5) is 0 Å². The molecular weight excluding hydrogens is 343 g/mol. The zero-order valence-electron chi connectivity index (χ0n) is 14.2. The van der Waals surface area contributed by atoms with Crippen molar-refractivity contribution in [3.8, 4) is 0 Å². The summed E-state index contributed by atoms with van der Waals surface area (Å²) in [5.74, 6) is 0.884. The second kappa shape index (κ2) is 9.07. The molecule has 24 heavy (non-hydrogen) atoms. The maximum atomic E-state index is 12.2. The van der Waals surface area contributed by atoms with Gasteiger partial charge < -0.3 is 10.6 Å². The molecule has 1 atom stereocenters. The highest BCUT2D eigenvalue weighted by Crippen LogP contribution is 2.41. The molecule has 1 amide bonds. The van der Waals surface area contributed by atoms with Crippen LogP contribution in [0.3, 0.4) is 0 Å². The van der Waals surface area contributed by atoms with Gasteiger partial charge in [-0.1, -0.05) is 36.6 Å². The molecule has 1 aromatic carbocycles. The van der Waals surface area contributed by atoms with Crippen molar-refractivity contribution >= 4 is 29.9 Å². The maximum absolute atomic E-state index is 12.2. The molecular formula is C19H28Cl2N2O. The number of carbonyl (C=O) groups is 1. The molecule has 1 aromatic rings. The molecule has 1 aliphatic carbocycles. The molecule has 3 nitrogen and oxygen atoms in total. The van der Waals surface area contributed by atoms with E-state index in [1.807, 2.05) is 12.1 Å². The fourth-order valence-corrected chi connectivity index (χ4v) is 4.20. The van der Waals surface area contributed by atoms with Gasteiger partial charge in [-0.25, -0.2) is 0 Å². The Morgan fingerprint density at radius 2 is 1.96 bits per heavy atom. The summed E-state index contributed by atoms with van der Waals surface area (Å²) >= 11 is 6.02. The van der Waals surface area contributed by atoms with Crippen LogP contribution < -0.4 is 10.6 Å². The first-order chi connectivity index (χ1) is 11.2. The van der Waals surface area contributed by atoms with Crippen molar-refractivity contribution in [2.45, 2.75) is 50.4 Å².